The van der Waals surface area contributed by atoms with Crippen LogP contribution < -0.4 is 14.8 Å². The standard InChI is InChI=1S/C18H26BrNO2/c1-3-10-22-18-16(19)11-14(12-17(18)21-2)13-20-15-8-6-4-5-7-9-15/h3,11-12,15,20H,1,4-10,13H2,2H3/p+1. The fourth-order valence-electron chi connectivity index (χ4n) is 3.02. The van der Waals surface area contributed by atoms with Crippen molar-refractivity contribution in [1.29, 1.82) is 0 Å². The largest absolute Gasteiger partial charge is 0.493 e. The molecule has 1 saturated carbocycles. The lowest BCUT2D eigenvalue weighted by molar-refractivity contribution is -0.705. The van der Waals surface area contributed by atoms with Crippen LogP contribution in [0, 0.1) is 0 Å². The highest BCUT2D eigenvalue weighted by molar-refractivity contribution is 9.10. The van der Waals surface area contributed by atoms with E-state index in [1.807, 2.05) is 0 Å². The molecular formula is C18H27BrNO2+. The van der Waals surface area contributed by atoms with E-state index < -0.39 is 0 Å². The summed E-state index contributed by atoms with van der Waals surface area (Å²) in [6.07, 6.45) is 9.99. The summed E-state index contributed by atoms with van der Waals surface area (Å²) < 4.78 is 12.1. The Balaban J connectivity index is 2.01. The summed E-state index contributed by atoms with van der Waals surface area (Å²) in [5.74, 6) is 1.53. The van der Waals surface area contributed by atoms with Crippen molar-refractivity contribution >= 4 is 15.9 Å². The number of methoxy groups -OCH3 is 1. The zero-order valence-electron chi connectivity index (χ0n) is 13.4. The summed E-state index contributed by atoms with van der Waals surface area (Å²) in [6, 6.07) is 4.98. The summed E-state index contributed by atoms with van der Waals surface area (Å²) in [6.45, 7) is 5.14. The molecular weight excluding hydrogens is 342 g/mol. The van der Waals surface area contributed by atoms with Gasteiger partial charge in [-0.05, 0) is 53.7 Å². The van der Waals surface area contributed by atoms with Gasteiger partial charge in [0, 0.05) is 5.56 Å². The predicted molar refractivity (Wildman–Crippen MR) is 93.5 cm³/mol. The van der Waals surface area contributed by atoms with Gasteiger partial charge >= 0.3 is 0 Å². The quantitative estimate of drug-likeness (QED) is 0.586. The van der Waals surface area contributed by atoms with Crippen LogP contribution in [0.2, 0.25) is 0 Å². The molecule has 0 heterocycles. The Hall–Kier alpha value is -1.00. The Morgan fingerprint density at radius 1 is 1.27 bits per heavy atom. The average Bonchev–Trinajstić information content (AvgIpc) is 2.80. The first-order valence-electron chi connectivity index (χ1n) is 8.18. The van der Waals surface area contributed by atoms with Crippen molar-refractivity contribution in [2.24, 2.45) is 0 Å². The van der Waals surface area contributed by atoms with Gasteiger partial charge in [-0.3, -0.25) is 0 Å². The number of nitrogens with two attached hydrogens (primary N) is 1. The van der Waals surface area contributed by atoms with Gasteiger partial charge < -0.3 is 14.8 Å². The van der Waals surface area contributed by atoms with E-state index in [0.717, 1.165) is 28.6 Å². The maximum Gasteiger partial charge on any atom is 0.175 e. The average molecular weight is 369 g/mol. The molecule has 0 bridgehead atoms. The summed E-state index contributed by atoms with van der Waals surface area (Å²) in [4.78, 5) is 0. The molecule has 1 fully saturated rings. The molecule has 4 heteroatoms. The molecule has 1 aromatic rings. The number of benzene rings is 1. The minimum Gasteiger partial charge on any atom is -0.493 e. The summed E-state index contributed by atoms with van der Waals surface area (Å²) in [5.41, 5.74) is 1.26. The highest BCUT2D eigenvalue weighted by atomic mass is 79.9. The van der Waals surface area contributed by atoms with Crippen molar-refractivity contribution in [3.05, 3.63) is 34.8 Å². The second kappa shape index (κ2) is 9.21. The molecule has 3 nitrogen and oxygen atoms in total. The Kier molecular flexibility index (Phi) is 7.26. The van der Waals surface area contributed by atoms with E-state index in [2.05, 4.69) is 40.0 Å². The number of halogens is 1. The first-order chi connectivity index (χ1) is 10.7. The zero-order chi connectivity index (χ0) is 15.8. The minimum atomic E-state index is 0.475. The first kappa shape index (κ1) is 17.4. The normalized spacial score (nSPS) is 16.1. The molecule has 22 heavy (non-hydrogen) atoms. The van der Waals surface area contributed by atoms with Crippen molar-refractivity contribution in [1.82, 2.24) is 0 Å². The Morgan fingerprint density at radius 2 is 2.00 bits per heavy atom. The van der Waals surface area contributed by atoms with Crippen molar-refractivity contribution in [3.63, 3.8) is 0 Å². The monoisotopic (exact) mass is 368 g/mol. The van der Waals surface area contributed by atoms with Crippen LogP contribution in [0.4, 0.5) is 0 Å². The van der Waals surface area contributed by atoms with Crippen LogP contribution in [0.25, 0.3) is 0 Å². The second-order valence-electron chi connectivity index (χ2n) is 5.90. The third kappa shape index (κ3) is 5.03. The van der Waals surface area contributed by atoms with Gasteiger partial charge in [-0.2, -0.15) is 0 Å². The molecule has 0 aromatic heterocycles. The van der Waals surface area contributed by atoms with Gasteiger partial charge in [0.25, 0.3) is 0 Å². The number of quaternary nitrogens is 1. The van der Waals surface area contributed by atoms with Gasteiger partial charge in [-0.1, -0.05) is 25.5 Å². The zero-order valence-corrected chi connectivity index (χ0v) is 15.0. The fourth-order valence-corrected chi connectivity index (χ4v) is 3.63. The van der Waals surface area contributed by atoms with E-state index in [-0.39, 0.29) is 0 Å². The number of ether oxygens (including phenoxy) is 2. The second-order valence-corrected chi connectivity index (χ2v) is 6.75. The molecule has 1 aromatic carbocycles. The van der Waals surface area contributed by atoms with E-state index >= 15 is 0 Å². The van der Waals surface area contributed by atoms with E-state index in [4.69, 9.17) is 9.47 Å². The van der Waals surface area contributed by atoms with Crippen LogP contribution in [0.3, 0.4) is 0 Å². The smallest absolute Gasteiger partial charge is 0.175 e. The highest BCUT2D eigenvalue weighted by Crippen LogP contribution is 2.36. The molecule has 0 spiro atoms. The number of hydrogen-bond acceptors (Lipinski definition) is 2. The molecule has 122 valence electrons. The Morgan fingerprint density at radius 3 is 2.64 bits per heavy atom. The Labute approximate surface area is 142 Å². The summed E-state index contributed by atoms with van der Waals surface area (Å²) in [7, 11) is 1.68. The van der Waals surface area contributed by atoms with Gasteiger partial charge in [0.05, 0.1) is 17.6 Å². The molecule has 0 unspecified atom stereocenters. The van der Waals surface area contributed by atoms with E-state index in [0.29, 0.717) is 6.61 Å². The summed E-state index contributed by atoms with van der Waals surface area (Å²) in [5, 5.41) is 2.48. The van der Waals surface area contributed by atoms with E-state index in [9.17, 15) is 0 Å². The predicted octanol–water partition coefficient (Wildman–Crippen LogP) is 3.81. The molecule has 1 aliphatic rings. The minimum absolute atomic E-state index is 0.475. The lowest BCUT2D eigenvalue weighted by Gasteiger charge is -2.15. The van der Waals surface area contributed by atoms with Gasteiger partial charge in [0.1, 0.15) is 13.2 Å². The fraction of sp³-hybridized carbons (Fsp3) is 0.556. The highest BCUT2D eigenvalue weighted by Gasteiger charge is 2.16. The van der Waals surface area contributed by atoms with E-state index in [1.54, 1.807) is 13.2 Å². The lowest BCUT2D eigenvalue weighted by atomic mass is 10.1. The van der Waals surface area contributed by atoms with Gasteiger partial charge in [0.2, 0.25) is 0 Å². The third-order valence-electron chi connectivity index (χ3n) is 4.22. The molecule has 0 saturated heterocycles. The van der Waals surface area contributed by atoms with Gasteiger partial charge in [-0.15, -0.1) is 0 Å². The Bertz CT molecular complexity index is 482. The molecule has 0 radical (unpaired) electrons. The topological polar surface area (TPSA) is 35.1 Å². The van der Waals surface area contributed by atoms with Crippen LogP contribution >= 0.6 is 15.9 Å². The molecule has 0 aliphatic heterocycles. The lowest BCUT2D eigenvalue weighted by Crippen LogP contribution is -2.88. The first-order valence-corrected chi connectivity index (χ1v) is 8.97. The maximum atomic E-state index is 5.67. The summed E-state index contributed by atoms with van der Waals surface area (Å²) >= 11 is 3.59. The number of hydrogen-bond donors (Lipinski definition) is 1. The molecule has 2 rings (SSSR count). The van der Waals surface area contributed by atoms with Crippen molar-refractivity contribution in [2.75, 3.05) is 13.7 Å². The molecule has 0 amide bonds. The number of rotatable bonds is 7. The third-order valence-corrected chi connectivity index (χ3v) is 4.81. The van der Waals surface area contributed by atoms with Crippen LogP contribution in [0.15, 0.2) is 29.3 Å². The van der Waals surface area contributed by atoms with Gasteiger partial charge in [0.15, 0.2) is 11.5 Å². The van der Waals surface area contributed by atoms with Gasteiger partial charge in [-0.25, -0.2) is 0 Å². The van der Waals surface area contributed by atoms with Crippen molar-refractivity contribution in [3.8, 4) is 11.5 Å². The SMILES string of the molecule is C=CCOc1c(Br)cc(C[NH2+]C2CCCCCC2)cc1OC. The molecule has 2 N–H and O–H groups in total. The van der Waals surface area contributed by atoms with Crippen molar-refractivity contribution < 1.29 is 14.8 Å². The molecule has 0 atom stereocenters. The van der Waals surface area contributed by atoms with Crippen LogP contribution in [-0.4, -0.2) is 19.8 Å². The van der Waals surface area contributed by atoms with Crippen molar-refractivity contribution in [2.45, 2.75) is 51.1 Å². The van der Waals surface area contributed by atoms with Crippen LogP contribution in [0.1, 0.15) is 44.1 Å². The van der Waals surface area contributed by atoms with Crippen LogP contribution in [0.5, 0.6) is 11.5 Å². The van der Waals surface area contributed by atoms with Crippen LogP contribution in [-0.2, 0) is 6.54 Å². The maximum absolute atomic E-state index is 5.67. The van der Waals surface area contributed by atoms with E-state index in [1.165, 1.54) is 44.1 Å². The molecule has 1 aliphatic carbocycles.